The number of aromatic nitrogens is 2. The summed E-state index contributed by atoms with van der Waals surface area (Å²) in [7, 11) is 1.37. The van der Waals surface area contributed by atoms with Crippen molar-refractivity contribution < 1.29 is 9.53 Å². The van der Waals surface area contributed by atoms with Gasteiger partial charge in [-0.1, -0.05) is 30.3 Å². The maximum atomic E-state index is 11.5. The van der Waals surface area contributed by atoms with Gasteiger partial charge in [-0.05, 0) is 17.7 Å². The van der Waals surface area contributed by atoms with Crippen molar-refractivity contribution in [3.05, 3.63) is 54.4 Å². The molecule has 3 aromatic rings. The molecule has 0 saturated heterocycles. The lowest BCUT2D eigenvalue weighted by atomic mass is 10.2. The number of rotatable bonds is 5. The van der Waals surface area contributed by atoms with Crippen molar-refractivity contribution in [1.29, 1.82) is 0 Å². The fraction of sp³-hybridized carbons (Fsp3) is 0.176. The molecule has 6 heteroatoms. The predicted molar refractivity (Wildman–Crippen MR) is 92.2 cm³/mol. The quantitative estimate of drug-likeness (QED) is 0.443. The molecule has 1 aromatic heterocycles. The monoisotopic (exact) mass is 327 g/mol. The van der Waals surface area contributed by atoms with E-state index < -0.39 is 0 Å². The molecule has 0 bridgehead atoms. The van der Waals surface area contributed by atoms with Gasteiger partial charge in [0.1, 0.15) is 12.1 Å². The molecule has 0 saturated carbocycles. The zero-order valence-electron chi connectivity index (χ0n) is 12.7. The number of hydrogen-bond donors (Lipinski definition) is 1. The highest BCUT2D eigenvalue weighted by Crippen LogP contribution is 2.31. The third-order valence-electron chi connectivity index (χ3n) is 3.48. The topological polar surface area (TPSA) is 70.1 Å². The summed E-state index contributed by atoms with van der Waals surface area (Å²) in [5.74, 6) is 0.522. The number of nitrogens with zero attached hydrogens (tertiary/aromatic N) is 2. The number of benzene rings is 2. The summed E-state index contributed by atoms with van der Waals surface area (Å²) >= 11 is 1.68. The highest BCUT2D eigenvalue weighted by atomic mass is 32.2. The van der Waals surface area contributed by atoms with E-state index in [2.05, 4.69) is 17.1 Å². The van der Waals surface area contributed by atoms with Crippen molar-refractivity contribution in [1.82, 2.24) is 9.55 Å². The fourth-order valence-electron chi connectivity index (χ4n) is 2.33. The van der Waals surface area contributed by atoms with Crippen LogP contribution in [0.5, 0.6) is 0 Å². The molecule has 0 fully saturated rings. The van der Waals surface area contributed by atoms with Crippen molar-refractivity contribution in [2.45, 2.75) is 17.2 Å². The van der Waals surface area contributed by atoms with E-state index in [1.165, 1.54) is 12.7 Å². The number of carbonyl (C=O) groups excluding carboxylic acids is 1. The molecule has 118 valence electrons. The van der Waals surface area contributed by atoms with Crippen LogP contribution in [-0.2, 0) is 21.8 Å². The lowest BCUT2D eigenvalue weighted by molar-refractivity contribution is -0.141. The van der Waals surface area contributed by atoms with Crippen LogP contribution < -0.4 is 5.73 Å². The van der Waals surface area contributed by atoms with Crippen LogP contribution in [0.15, 0.2) is 53.7 Å². The molecule has 0 aliphatic heterocycles. The lowest BCUT2D eigenvalue weighted by Crippen LogP contribution is -2.10. The van der Waals surface area contributed by atoms with Crippen molar-refractivity contribution in [2.24, 2.45) is 0 Å². The first-order valence-electron chi connectivity index (χ1n) is 7.15. The van der Waals surface area contributed by atoms with Gasteiger partial charge >= 0.3 is 5.97 Å². The number of carbonyl (C=O) groups is 1. The van der Waals surface area contributed by atoms with Gasteiger partial charge in [-0.15, -0.1) is 11.8 Å². The molecule has 0 radical (unpaired) electrons. The van der Waals surface area contributed by atoms with E-state index >= 15 is 0 Å². The lowest BCUT2D eigenvalue weighted by Gasteiger charge is -2.07. The number of esters is 1. The number of nitrogens with two attached hydrogens (primary N) is 1. The largest absolute Gasteiger partial charge is 0.468 e. The van der Waals surface area contributed by atoms with E-state index in [4.69, 9.17) is 10.5 Å². The average molecular weight is 327 g/mol. The normalized spacial score (nSPS) is 10.8. The van der Waals surface area contributed by atoms with Gasteiger partial charge in [-0.3, -0.25) is 4.79 Å². The van der Waals surface area contributed by atoms with Gasteiger partial charge in [0.25, 0.3) is 0 Å². The van der Waals surface area contributed by atoms with E-state index in [1.54, 1.807) is 22.7 Å². The summed E-state index contributed by atoms with van der Waals surface area (Å²) in [5.41, 5.74) is 9.59. The van der Waals surface area contributed by atoms with Gasteiger partial charge in [0.05, 0.1) is 19.0 Å². The number of ether oxygens (including phenoxy) is 1. The van der Waals surface area contributed by atoms with Crippen molar-refractivity contribution >= 4 is 34.5 Å². The fourth-order valence-corrected chi connectivity index (χ4v) is 3.36. The minimum absolute atomic E-state index is 0.124. The highest BCUT2D eigenvalue weighted by molar-refractivity contribution is 7.98. The molecule has 0 spiro atoms. The van der Waals surface area contributed by atoms with Crippen LogP contribution in [0.2, 0.25) is 0 Å². The second kappa shape index (κ2) is 6.75. The molecule has 5 nitrogen and oxygen atoms in total. The SMILES string of the molecule is COC(=O)Cn1cnc2c(SCc3ccccc3)cc(N)cc21. The Bertz CT molecular complexity index is 830. The van der Waals surface area contributed by atoms with E-state index in [0.29, 0.717) is 5.69 Å². The molecule has 0 aliphatic rings. The van der Waals surface area contributed by atoms with Gasteiger partial charge < -0.3 is 15.0 Å². The first kappa shape index (κ1) is 15.4. The van der Waals surface area contributed by atoms with Crippen molar-refractivity contribution in [3.8, 4) is 0 Å². The molecule has 0 amide bonds. The van der Waals surface area contributed by atoms with Gasteiger partial charge in [-0.2, -0.15) is 0 Å². The first-order valence-corrected chi connectivity index (χ1v) is 8.14. The molecule has 0 unspecified atom stereocenters. The van der Waals surface area contributed by atoms with Crippen LogP contribution in [0.25, 0.3) is 11.0 Å². The van der Waals surface area contributed by atoms with Gasteiger partial charge in [-0.25, -0.2) is 4.98 Å². The van der Waals surface area contributed by atoms with E-state index in [-0.39, 0.29) is 12.5 Å². The van der Waals surface area contributed by atoms with Gasteiger partial charge in [0.15, 0.2) is 0 Å². The van der Waals surface area contributed by atoms with E-state index in [1.807, 2.05) is 30.3 Å². The zero-order chi connectivity index (χ0) is 16.2. The Kier molecular flexibility index (Phi) is 4.52. The average Bonchev–Trinajstić information content (AvgIpc) is 2.96. The molecule has 23 heavy (non-hydrogen) atoms. The van der Waals surface area contributed by atoms with Crippen LogP contribution in [0.3, 0.4) is 0 Å². The maximum absolute atomic E-state index is 11.5. The standard InChI is InChI=1S/C17H17N3O2S/c1-22-16(21)9-20-11-19-17-14(20)7-13(18)8-15(17)23-10-12-5-3-2-4-6-12/h2-8,11H,9-10,18H2,1H3. The summed E-state index contributed by atoms with van der Waals surface area (Å²) in [6.07, 6.45) is 1.65. The number of anilines is 1. The number of nitrogen functional groups attached to an aromatic ring is 1. The molecular formula is C17H17N3O2S. The molecule has 1 heterocycles. The maximum Gasteiger partial charge on any atom is 0.325 e. The van der Waals surface area contributed by atoms with Crippen LogP contribution in [0.4, 0.5) is 5.69 Å². The molecule has 2 aromatic carbocycles. The second-order valence-corrected chi connectivity index (χ2v) is 6.13. The van der Waals surface area contributed by atoms with Gasteiger partial charge in [0.2, 0.25) is 0 Å². The number of methoxy groups -OCH3 is 1. The Morgan fingerprint density at radius 1 is 1.30 bits per heavy atom. The third kappa shape index (κ3) is 3.48. The second-order valence-electron chi connectivity index (χ2n) is 5.11. The zero-order valence-corrected chi connectivity index (χ0v) is 13.5. The summed E-state index contributed by atoms with van der Waals surface area (Å²) in [6.45, 7) is 0.124. The molecule has 3 rings (SSSR count). The van der Waals surface area contributed by atoms with E-state index in [0.717, 1.165) is 21.7 Å². The van der Waals surface area contributed by atoms with Crippen LogP contribution in [0.1, 0.15) is 5.56 Å². The van der Waals surface area contributed by atoms with Crippen LogP contribution >= 0.6 is 11.8 Å². The summed E-state index contributed by atoms with van der Waals surface area (Å²) in [4.78, 5) is 16.9. The number of imidazole rings is 1. The summed E-state index contributed by atoms with van der Waals surface area (Å²) in [6, 6.07) is 14.0. The molecule has 0 atom stereocenters. The Morgan fingerprint density at radius 3 is 2.83 bits per heavy atom. The highest BCUT2D eigenvalue weighted by Gasteiger charge is 2.12. The molecule has 0 aliphatic carbocycles. The molecular weight excluding hydrogens is 310 g/mol. The number of hydrogen-bond acceptors (Lipinski definition) is 5. The number of fused-ring (bicyclic) bond motifs is 1. The third-order valence-corrected chi connectivity index (χ3v) is 4.58. The van der Waals surface area contributed by atoms with E-state index in [9.17, 15) is 4.79 Å². The van der Waals surface area contributed by atoms with Gasteiger partial charge in [0, 0.05) is 16.3 Å². The minimum Gasteiger partial charge on any atom is -0.468 e. The summed E-state index contributed by atoms with van der Waals surface area (Å²) in [5, 5.41) is 0. The Morgan fingerprint density at radius 2 is 2.09 bits per heavy atom. The van der Waals surface area contributed by atoms with Crippen LogP contribution in [0, 0.1) is 0 Å². The van der Waals surface area contributed by atoms with Crippen LogP contribution in [-0.4, -0.2) is 22.6 Å². The minimum atomic E-state index is -0.315. The Labute approximate surface area is 138 Å². The predicted octanol–water partition coefficient (Wildman–Crippen LogP) is 3.08. The first-order chi connectivity index (χ1) is 11.2. The molecule has 2 N–H and O–H groups in total. The summed E-state index contributed by atoms with van der Waals surface area (Å²) < 4.78 is 6.47. The Balaban J connectivity index is 1.90. The Hall–Kier alpha value is -2.47. The van der Waals surface area contributed by atoms with Crippen molar-refractivity contribution in [3.63, 3.8) is 0 Å². The smallest absolute Gasteiger partial charge is 0.325 e. The van der Waals surface area contributed by atoms with Crippen molar-refractivity contribution in [2.75, 3.05) is 12.8 Å². The number of thioether (sulfide) groups is 1.